The first-order valence-electron chi connectivity index (χ1n) is 7.57. The van der Waals surface area contributed by atoms with Gasteiger partial charge >= 0.3 is 5.63 Å². The van der Waals surface area contributed by atoms with E-state index >= 15 is 0 Å². The van der Waals surface area contributed by atoms with E-state index in [0.717, 1.165) is 5.56 Å². The molecule has 0 saturated carbocycles. The zero-order valence-electron chi connectivity index (χ0n) is 14.6. The van der Waals surface area contributed by atoms with Crippen molar-refractivity contribution in [3.05, 3.63) is 33.7 Å². The van der Waals surface area contributed by atoms with E-state index < -0.39 is 5.63 Å². The summed E-state index contributed by atoms with van der Waals surface area (Å²) in [5.41, 5.74) is 1.10. The Kier molecular flexibility index (Phi) is 5.26. The summed E-state index contributed by atoms with van der Waals surface area (Å²) in [4.78, 5) is 27.2. The fourth-order valence-electron chi connectivity index (χ4n) is 2.60. The Morgan fingerprint density at radius 1 is 1.12 bits per heavy atom. The van der Waals surface area contributed by atoms with E-state index in [1.165, 1.54) is 6.92 Å². The minimum absolute atomic E-state index is 0.0484. The highest BCUT2D eigenvalue weighted by molar-refractivity contribution is 5.93. The van der Waals surface area contributed by atoms with Crippen LogP contribution in [0.2, 0.25) is 0 Å². The summed E-state index contributed by atoms with van der Waals surface area (Å²) in [5.74, 6) is -0.406. The van der Waals surface area contributed by atoms with Gasteiger partial charge in [0.05, 0.1) is 0 Å². The summed E-state index contributed by atoms with van der Waals surface area (Å²) in [6.07, 6.45) is 0. The standard InChI is InChI=1S/C17H23N3O4/c1-10(21)18-14-7-13-11(8-19(2)3)6-12(9-20(4)5)15(22)16(13)24-17(14)23/h6-7,22H,8-9H2,1-5H3,(H,18,21). The van der Waals surface area contributed by atoms with E-state index in [1.54, 1.807) is 6.07 Å². The van der Waals surface area contributed by atoms with Crippen LogP contribution in [0, 0.1) is 0 Å². The van der Waals surface area contributed by atoms with Gasteiger partial charge in [-0.3, -0.25) is 4.79 Å². The van der Waals surface area contributed by atoms with Gasteiger partial charge < -0.3 is 24.6 Å². The maximum Gasteiger partial charge on any atom is 0.360 e. The largest absolute Gasteiger partial charge is 0.504 e. The number of amides is 1. The van der Waals surface area contributed by atoms with Gasteiger partial charge in [0.25, 0.3) is 0 Å². The first kappa shape index (κ1) is 18.0. The number of hydrogen-bond acceptors (Lipinski definition) is 6. The second-order valence-corrected chi connectivity index (χ2v) is 6.39. The molecule has 1 amide bonds. The van der Waals surface area contributed by atoms with Crippen molar-refractivity contribution in [2.24, 2.45) is 0 Å². The molecule has 7 nitrogen and oxygen atoms in total. The Labute approximate surface area is 140 Å². The molecule has 0 aliphatic heterocycles. The Balaban J connectivity index is 2.74. The minimum atomic E-state index is -0.689. The maximum absolute atomic E-state index is 12.1. The summed E-state index contributed by atoms with van der Waals surface area (Å²) in [7, 11) is 7.65. The van der Waals surface area contributed by atoms with Crippen molar-refractivity contribution in [1.29, 1.82) is 0 Å². The fraction of sp³-hybridized carbons (Fsp3) is 0.412. The quantitative estimate of drug-likeness (QED) is 0.808. The number of nitrogens with zero attached hydrogens (tertiary/aromatic N) is 2. The van der Waals surface area contributed by atoms with Crippen LogP contribution in [-0.4, -0.2) is 49.0 Å². The molecule has 0 fully saturated rings. The number of rotatable bonds is 5. The highest BCUT2D eigenvalue weighted by atomic mass is 16.4. The molecule has 7 heteroatoms. The Hall–Kier alpha value is -2.38. The lowest BCUT2D eigenvalue weighted by molar-refractivity contribution is -0.114. The molecule has 0 aliphatic rings. The van der Waals surface area contributed by atoms with Gasteiger partial charge in [-0.2, -0.15) is 0 Å². The Bertz CT molecular complexity index is 825. The SMILES string of the molecule is CC(=O)Nc1cc2c(CN(C)C)cc(CN(C)C)c(O)c2oc1=O. The van der Waals surface area contributed by atoms with E-state index in [1.807, 2.05) is 44.1 Å². The molecule has 2 N–H and O–H groups in total. The normalized spacial score (nSPS) is 11.5. The molecule has 0 saturated heterocycles. The van der Waals surface area contributed by atoms with Crippen LogP contribution in [0.25, 0.3) is 11.0 Å². The monoisotopic (exact) mass is 333 g/mol. The molecule has 130 valence electrons. The topological polar surface area (TPSA) is 86.0 Å². The van der Waals surface area contributed by atoms with Gasteiger partial charge in [-0.05, 0) is 45.9 Å². The molecule has 0 spiro atoms. The van der Waals surface area contributed by atoms with Crippen molar-refractivity contribution in [2.45, 2.75) is 20.0 Å². The zero-order valence-corrected chi connectivity index (χ0v) is 14.6. The first-order chi connectivity index (χ1) is 11.2. The third kappa shape index (κ3) is 3.93. The molecule has 2 aromatic rings. The molecule has 24 heavy (non-hydrogen) atoms. The van der Waals surface area contributed by atoms with E-state index in [2.05, 4.69) is 5.32 Å². The molecule has 1 aromatic heterocycles. The average molecular weight is 333 g/mol. The average Bonchev–Trinajstić information content (AvgIpc) is 2.44. The van der Waals surface area contributed by atoms with Crippen molar-refractivity contribution >= 4 is 22.6 Å². The van der Waals surface area contributed by atoms with Gasteiger partial charge in [0.1, 0.15) is 5.69 Å². The summed E-state index contributed by atoms with van der Waals surface area (Å²) in [5, 5.41) is 13.6. The highest BCUT2D eigenvalue weighted by Gasteiger charge is 2.17. The third-order valence-electron chi connectivity index (χ3n) is 3.45. The summed E-state index contributed by atoms with van der Waals surface area (Å²) < 4.78 is 5.31. The van der Waals surface area contributed by atoms with Crippen LogP contribution in [0.15, 0.2) is 21.3 Å². The van der Waals surface area contributed by atoms with Gasteiger partial charge in [-0.25, -0.2) is 4.79 Å². The molecule has 0 aliphatic carbocycles. The number of aromatic hydroxyl groups is 1. The van der Waals surface area contributed by atoms with E-state index in [9.17, 15) is 14.7 Å². The molecule has 2 rings (SSSR count). The summed E-state index contributed by atoms with van der Waals surface area (Å²) >= 11 is 0. The van der Waals surface area contributed by atoms with Crippen molar-refractivity contribution in [3.8, 4) is 5.75 Å². The number of carbonyl (C=O) groups is 1. The molecule has 0 unspecified atom stereocenters. The van der Waals surface area contributed by atoms with Crippen LogP contribution in [-0.2, 0) is 17.9 Å². The first-order valence-corrected chi connectivity index (χ1v) is 7.57. The number of phenols is 1. The second-order valence-electron chi connectivity index (χ2n) is 6.39. The summed E-state index contributed by atoms with van der Waals surface area (Å²) in [6, 6.07) is 3.45. The fourth-order valence-corrected chi connectivity index (χ4v) is 2.60. The number of benzene rings is 1. The molecule has 1 aromatic carbocycles. The van der Waals surface area contributed by atoms with E-state index in [-0.39, 0.29) is 22.9 Å². The highest BCUT2D eigenvalue weighted by Crippen LogP contribution is 2.33. The second kappa shape index (κ2) is 7.02. The number of fused-ring (bicyclic) bond motifs is 1. The van der Waals surface area contributed by atoms with Crippen molar-refractivity contribution in [1.82, 2.24) is 9.80 Å². The number of carbonyl (C=O) groups excluding carboxylic acids is 1. The third-order valence-corrected chi connectivity index (χ3v) is 3.45. The lowest BCUT2D eigenvalue weighted by atomic mass is 10.0. The van der Waals surface area contributed by atoms with Gasteiger partial charge in [0.2, 0.25) is 5.91 Å². The molecule has 0 radical (unpaired) electrons. The molecular formula is C17H23N3O4. The Morgan fingerprint density at radius 2 is 1.71 bits per heavy atom. The van der Waals surface area contributed by atoms with Crippen LogP contribution >= 0.6 is 0 Å². The molecule has 0 bridgehead atoms. The van der Waals surface area contributed by atoms with Gasteiger partial charge in [0, 0.05) is 31.0 Å². The smallest absolute Gasteiger partial charge is 0.360 e. The molecule has 0 atom stereocenters. The number of anilines is 1. The van der Waals surface area contributed by atoms with Crippen molar-refractivity contribution in [2.75, 3.05) is 33.5 Å². The van der Waals surface area contributed by atoms with Crippen LogP contribution < -0.4 is 10.9 Å². The van der Waals surface area contributed by atoms with Gasteiger partial charge in [0.15, 0.2) is 11.3 Å². The summed E-state index contributed by atoms with van der Waals surface area (Å²) in [6.45, 7) is 2.44. The van der Waals surface area contributed by atoms with Crippen molar-refractivity contribution in [3.63, 3.8) is 0 Å². The van der Waals surface area contributed by atoms with Gasteiger partial charge in [-0.15, -0.1) is 0 Å². The van der Waals surface area contributed by atoms with Gasteiger partial charge in [-0.1, -0.05) is 0 Å². The number of nitrogens with one attached hydrogen (secondary N) is 1. The van der Waals surface area contributed by atoms with Crippen LogP contribution in [0.4, 0.5) is 5.69 Å². The van der Waals surface area contributed by atoms with Crippen LogP contribution in [0.1, 0.15) is 18.1 Å². The number of phenolic OH excluding ortho intramolecular Hbond substituents is 1. The van der Waals surface area contributed by atoms with Crippen LogP contribution in [0.3, 0.4) is 0 Å². The van der Waals surface area contributed by atoms with Crippen LogP contribution in [0.5, 0.6) is 5.75 Å². The minimum Gasteiger partial charge on any atom is -0.504 e. The van der Waals surface area contributed by atoms with E-state index in [4.69, 9.17) is 4.42 Å². The predicted molar refractivity (Wildman–Crippen MR) is 93.2 cm³/mol. The Morgan fingerprint density at radius 3 is 2.25 bits per heavy atom. The van der Waals surface area contributed by atoms with E-state index in [0.29, 0.717) is 24.0 Å². The number of hydrogen-bond donors (Lipinski definition) is 2. The molecular weight excluding hydrogens is 310 g/mol. The van der Waals surface area contributed by atoms with Crippen molar-refractivity contribution < 1.29 is 14.3 Å². The maximum atomic E-state index is 12.1. The lowest BCUT2D eigenvalue weighted by Gasteiger charge is -2.17. The zero-order chi connectivity index (χ0) is 18.0. The molecule has 1 heterocycles. The predicted octanol–water partition coefficient (Wildman–Crippen LogP) is 1.58. The lowest BCUT2D eigenvalue weighted by Crippen LogP contribution is -2.16.